The van der Waals surface area contributed by atoms with Crippen LogP contribution < -0.4 is 4.72 Å². The van der Waals surface area contributed by atoms with Gasteiger partial charge in [0.25, 0.3) is 0 Å². The second-order valence-corrected chi connectivity index (χ2v) is 9.63. The monoisotopic (exact) mass is 405 g/mol. The van der Waals surface area contributed by atoms with Gasteiger partial charge in [0.15, 0.2) is 0 Å². The van der Waals surface area contributed by atoms with E-state index in [1.54, 1.807) is 12.1 Å². The molecule has 0 fully saturated rings. The Morgan fingerprint density at radius 3 is 2.48 bits per heavy atom. The van der Waals surface area contributed by atoms with Crippen molar-refractivity contribution in [2.24, 2.45) is 0 Å². The predicted molar refractivity (Wildman–Crippen MR) is 107 cm³/mol. The summed E-state index contributed by atoms with van der Waals surface area (Å²) in [5, 5.41) is 13.5. The zero-order chi connectivity index (χ0) is 19.6. The van der Waals surface area contributed by atoms with Crippen LogP contribution >= 0.6 is 11.3 Å². The van der Waals surface area contributed by atoms with Crippen molar-refractivity contribution in [3.63, 3.8) is 0 Å². The van der Waals surface area contributed by atoms with Gasteiger partial charge in [0.1, 0.15) is 4.21 Å². The van der Waals surface area contributed by atoms with Crippen LogP contribution in [0.25, 0.3) is 10.4 Å². The first-order chi connectivity index (χ1) is 12.8. The summed E-state index contributed by atoms with van der Waals surface area (Å²) in [6.45, 7) is 6.16. The predicted octanol–water partition coefficient (Wildman–Crippen LogP) is 3.09. The number of thiophene rings is 1. The Kier molecular flexibility index (Phi) is 5.81. The zero-order valence-corrected chi connectivity index (χ0v) is 17.1. The highest BCUT2D eigenvalue weighted by molar-refractivity contribution is 7.91. The molecular formula is C19H23N3O3S2. The maximum atomic E-state index is 12.7. The molecular weight excluding hydrogens is 382 g/mol. The van der Waals surface area contributed by atoms with Gasteiger partial charge < -0.3 is 5.11 Å². The lowest BCUT2D eigenvalue weighted by Gasteiger charge is -2.14. The van der Waals surface area contributed by atoms with Crippen LogP contribution in [0.5, 0.6) is 0 Å². The number of sulfonamides is 1. The minimum absolute atomic E-state index is 0.0125. The van der Waals surface area contributed by atoms with Crippen LogP contribution in [0.4, 0.5) is 0 Å². The quantitative estimate of drug-likeness (QED) is 0.633. The number of aliphatic hydroxyl groups excluding tert-OH is 1. The topological polar surface area (TPSA) is 84.2 Å². The number of hydrogen-bond donors (Lipinski definition) is 2. The third kappa shape index (κ3) is 4.65. The molecule has 0 aliphatic heterocycles. The van der Waals surface area contributed by atoms with Crippen LogP contribution in [0, 0.1) is 13.8 Å². The number of aryl methyl sites for hydroxylation is 2. The number of aromatic nitrogens is 2. The molecule has 27 heavy (non-hydrogen) atoms. The van der Waals surface area contributed by atoms with Crippen molar-refractivity contribution in [3.8, 4) is 10.4 Å². The lowest BCUT2D eigenvalue weighted by atomic mass is 10.1. The Balaban J connectivity index is 1.73. The van der Waals surface area contributed by atoms with E-state index < -0.39 is 10.0 Å². The van der Waals surface area contributed by atoms with Gasteiger partial charge in [0.2, 0.25) is 10.0 Å². The molecule has 0 saturated carbocycles. The van der Waals surface area contributed by atoms with Gasteiger partial charge in [0.05, 0.1) is 18.8 Å². The standard InChI is InChI=1S/C19H23N3O3S2/c1-13-10-15(3)22(20-13)11-14(2)21-27(24,25)19-9-8-18(26-19)17-6-4-16(12-23)5-7-17/h4-10,14,21,23H,11-12H2,1-3H3. The molecule has 2 aromatic heterocycles. The first kappa shape index (κ1) is 19.8. The van der Waals surface area contributed by atoms with Crippen molar-refractivity contribution in [3.05, 3.63) is 59.4 Å². The van der Waals surface area contributed by atoms with Gasteiger partial charge in [-0.3, -0.25) is 4.68 Å². The zero-order valence-electron chi connectivity index (χ0n) is 15.5. The van der Waals surface area contributed by atoms with E-state index in [0.717, 1.165) is 27.4 Å². The molecule has 0 radical (unpaired) electrons. The fourth-order valence-corrected chi connectivity index (χ4v) is 5.44. The van der Waals surface area contributed by atoms with Crippen molar-refractivity contribution >= 4 is 21.4 Å². The number of aliphatic hydroxyl groups is 1. The summed E-state index contributed by atoms with van der Waals surface area (Å²) in [6.07, 6.45) is 0. The lowest BCUT2D eigenvalue weighted by molar-refractivity contribution is 0.282. The number of benzene rings is 1. The number of rotatable bonds is 7. The molecule has 1 aromatic carbocycles. The molecule has 3 rings (SSSR count). The summed E-state index contributed by atoms with van der Waals surface area (Å²) < 4.78 is 30.2. The second kappa shape index (κ2) is 7.93. The van der Waals surface area contributed by atoms with Gasteiger partial charge in [-0.1, -0.05) is 24.3 Å². The van der Waals surface area contributed by atoms with Gasteiger partial charge >= 0.3 is 0 Å². The van der Waals surface area contributed by atoms with E-state index in [-0.39, 0.29) is 16.9 Å². The van der Waals surface area contributed by atoms with Crippen LogP contribution in [0.1, 0.15) is 23.9 Å². The molecule has 0 aliphatic rings. The van der Waals surface area contributed by atoms with Crippen molar-refractivity contribution in [2.45, 2.75) is 44.2 Å². The molecule has 144 valence electrons. The van der Waals surface area contributed by atoms with Crippen molar-refractivity contribution in [1.29, 1.82) is 0 Å². The van der Waals surface area contributed by atoms with Crippen molar-refractivity contribution in [2.75, 3.05) is 0 Å². The third-order valence-electron chi connectivity index (χ3n) is 4.17. The highest BCUT2D eigenvalue weighted by atomic mass is 32.2. The number of hydrogen-bond acceptors (Lipinski definition) is 5. The van der Waals surface area contributed by atoms with Crippen LogP contribution in [-0.2, 0) is 23.2 Å². The highest BCUT2D eigenvalue weighted by Gasteiger charge is 2.20. The molecule has 0 bridgehead atoms. The van der Waals surface area contributed by atoms with E-state index >= 15 is 0 Å². The molecule has 0 amide bonds. The molecule has 2 N–H and O–H groups in total. The van der Waals surface area contributed by atoms with E-state index in [1.165, 1.54) is 11.3 Å². The number of nitrogens with zero attached hydrogens (tertiary/aromatic N) is 2. The van der Waals surface area contributed by atoms with Crippen molar-refractivity contribution < 1.29 is 13.5 Å². The average Bonchev–Trinajstić information content (AvgIpc) is 3.22. The van der Waals surface area contributed by atoms with E-state index in [9.17, 15) is 8.42 Å². The van der Waals surface area contributed by atoms with Gasteiger partial charge in [-0.05, 0) is 50.1 Å². The molecule has 1 atom stereocenters. The van der Waals surface area contributed by atoms with Gasteiger partial charge in [-0.15, -0.1) is 11.3 Å². The summed E-state index contributed by atoms with van der Waals surface area (Å²) in [5.41, 5.74) is 3.66. The summed E-state index contributed by atoms with van der Waals surface area (Å²) in [4.78, 5) is 0.867. The van der Waals surface area contributed by atoms with Crippen LogP contribution in [-0.4, -0.2) is 29.3 Å². The summed E-state index contributed by atoms with van der Waals surface area (Å²) in [5.74, 6) is 0. The highest BCUT2D eigenvalue weighted by Crippen LogP contribution is 2.31. The van der Waals surface area contributed by atoms with Gasteiger partial charge in [-0.2, -0.15) is 5.10 Å². The minimum Gasteiger partial charge on any atom is -0.392 e. The fourth-order valence-electron chi connectivity index (χ4n) is 2.87. The molecule has 6 nitrogen and oxygen atoms in total. The minimum atomic E-state index is -3.60. The molecule has 0 saturated heterocycles. The molecule has 8 heteroatoms. The fraction of sp³-hybridized carbons (Fsp3) is 0.316. The molecule has 1 unspecified atom stereocenters. The molecule has 2 heterocycles. The molecule has 0 aliphatic carbocycles. The maximum absolute atomic E-state index is 12.7. The van der Waals surface area contributed by atoms with Gasteiger partial charge in [0, 0.05) is 16.6 Å². The first-order valence-corrected chi connectivity index (χ1v) is 10.9. The van der Waals surface area contributed by atoms with Crippen LogP contribution in [0.2, 0.25) is 0 Å². The SMILES string of the molecule is Cc1cc(C)n(CC(C)NS(=O)(=O)c2ccc(-c3ccc(CO)cc3)s2)n1. The van der Waals surface area contributed by atoms with E-state index in [1.807, 2.05) is 55.8 Å². The van der Waals surface area contributed by atoms with Gasteiger partial charge in [-0.25, -0.2) is 13.1 Å². The maximum Gasteiger partial charge on any atom is 0.250 e. The van der Waals surface area contributed by atoms with Crippen molar-refractivity contribution in [1.82, 2.24) is 14.5 Å². The Bertz CT molecular complexity index is 1020. The Hall–Kier alpha value is -2.00. The Morgan fingerprint density at radius 2 is 1.89 bits per heavy atom. The smallest absolute Gasteiger partial charge is 0.250 e. The average molecular weight is 406 g/mol. The number of nitrogens with one attached hydrogen (secondary N) is 1. The molecule has 0 spiro atoms. The van der Waals surface area contributed by atoms with E-state index in [4.69, 9.17) is 5.11 Å². The van der Waals surface area contributed by atoms with Crippen LogP contribution in [0.3, 0.4) is 0 Å². The largest absolute Gasteiger partial charge is 0.392 e. The summed E-state index contributed by atoms with van der Waals surface area (Å²) in [6, 6.07) is 12.5. The van der Waals surface area contributed by atoms with E-state index in [0.29, 0.717) is 6.54 Å². The first-order valence-electron chi connectivity index (χ1n) is 8.62. The van der Waals surface area contributed by atoms with Crippen LogP contribution in [0.15, 0.2) is 46.7 Å². The summed E-state index contributed by atoms with van der Waals surface area (Å²) >= 11 is 1.23. The second-order valence-electron chi connectivity index (χ2n) is 6.61. The molecule has 3 aromatic rings. The summed E-state index contributed by atoms with van der Waals surface area (Å²) in [7, 11) is -3.60. The normalized spacial score (nSPS) is 13.0. The Labute approximate surface area is 163 Å². The van der Waals surface area contributed by atoms with E-state index in [2.05, 4.69) is 9.82 Å². The third-order valence-corrected chi connectivity index (χ3v) is 7.39. The Morgan fingerprint density at radius 1 is 1.19 bits per heavy atom. The lowest BCUT2D eigenvalue weighted by Crippen LogP contribution is -2.35.